The average Bonchev–Trinajstić information content (AvgIpc) is 3.37. The number of carbonyl (C=O) groups excluding carboxylic acids is 1. The molecular weight excluding hydrogens is 496 g/mol. The zero-order chi connectivity index (χ0) is 26.8. The fraction of sp³-hybridized carbons (Fsp3) is 0.310. The highest BCUT2D eigenvalue weighted by Crippen LogP contribution is 2.32. The van der Waals surface area contributed by atoms with Crippen LogP contribution in [0.2, 0.25) is 0 Å². The van der Waals surface area contributed by atoms with E-state index in [1.807, 2.05) is 16.8 Å². The van der Waals surface area contributed by atoms with Crippen LogP contribution >= 0.6 is 0 Å². The Morgan fingerprint density at radius 1 is 0.923 bits per heavy atom. The zero-order valence-corrected chi connectivity index (χ0v) is 21.5. The third-order valence-corrected chi connectivity index (χ3v) is 7.40. The summed E-state index contributed by atoms with van der Waals surface area (Å²) >= 11 is 0. The van der Waals surface area contributed by atoms with Crippen molar-refractivity contribution < 1.29 is 19.4 Å². The van der Waals surface area contributed by atoms with Gasteiger partial charge in [0.25, 0.3) is 5.91 Å². The van der Waals surface area contributed by atoms with Crippen LogP contribution in [-0.2, 0) is 4.74 Å². The second-order valence-electron chi connectivity index (χ2n) is 9.84. The third-order valence-electron chi connectivity index (χ3n) is 7.40. The van der Waals surface area contributed by atoms with E-state index < -0.39 is 6.09 Å². The van der Waals surface area contributed by atoms with Crippen molar-refractivity contribution >= 4 is 34.3 Å². The first-order valence-corrected chi connectivity index (χ1v) is 13.3. The molecule has 4 heterocycles. The number of hydrogen-bond acceptors (Lipinski definition) is 6. The predicted octanol–water partition coefficient (Wildman–Crippen LogP) is 4.85. The molecule has 39 heavy (non-hydrogen) atoms. The molecule has 2 amide bonds. The quantitative estimate of drug-likeness (QED) is 0.382. The number of hydrogen-bond donors (Lipinski definition) is 2. The SMILES string of the molecule is O=C(Nc1ccncc1)c1nn(C2CCCCO2)c2ccc(-c3ccc(N4CCN(C(=O)O)CC4)cc3)cc12. The molecule has 0 saturated carbocycles. The molecule has 2 saturated heterocycles. The summed E-state index contributed by atoms with van der Waals surface area (Å²) in [6, 6.07) is 17.8. The first-order chi connectivity index (χ1) is 19.1. The topological polar surface area (TPSA) is 113 Å². The lowest BCUT2D eigenvalue weighted by Gasteiger charge is -2.34. The molecule has 10 heteroatoms. The van der Waals surface area contributed by atoms with Crippen LogP contribution in [0.4, 0.5) is 16.2 Å². The van der Waals surface area contributed by atoms with Crippen molar-refractivity contribution in [2.75, 3.05) is 43.0 Å². The minimum Gasteiger partial charge on any atom is -0.465 e. The maximum atomic E-state index is 13.4. The number of nitrogens with one attached hydrogen (secondary N) is 1. The van der Waals surface area contributed by atoms with Gasteiger partial charge in [-0.2, -0.15) is 5.10 Å². The average molecular weight is 527 g/mol. The predicted molar refractivity (Wildman–Crippen MR) is 148 cm³/mol. The summed E-state index contributed by atoms with van der Waals surface area (Å²) in [5, 5.41) is 17.7. The molecule has 1 unspecified atom stereocenters. The van der Waals surface area contributed by atoms with Crippen LogP contribution in [-0.4, -0.2) is 69.6 Å². The van der Waals surface area contributed by atoms with Gasteiger partial charge in [0, 0.05) is 61.9 Å². The number of amides is 2. The highest BCUT2D eigenvalue weighted by molar-refractivity contribution is 6.11. The van der Waals surface area contributed by atoms with Gasteiger partial charge in [-0.3, -0.25) is 9.78 Å². The smallest absolute Gasteiger partial charge is 0.407 e. The van der Waals surface area contributed by atoms with E-state index in [0.717, 1.165) is 47.0 Å². The molecule has 2 fully saturated rings. The van der Waals surface area contributed by atoms with Gasteiger partial charge in [-0.15, -0.1) is 0 Å². The Kier molecular flexibility index (Phi) is 6.85. The summed E-state index contributed by atoms with van der Waals surface area (Å²) in [5.74, 6) is -0.284. The number of ether oxygens (including phenoxy) is 1. The number of rotatable bonds is 5. The number of carbonyl (C=O) groups is 2. The van der Waals surface area contributed by atoms with Crippen LogP contribution in [0.15, 0.2) is 67.0 Å². The molecule has 200 valence electrons. The van der Waals surface area contributed by atoms with Crippen molar-refractivity contribution in [3.63, 3.8) is 0 Å². The Bertz CT molecular complexity index is 1470. The van der Waals surface area contributed by atoms with Crippen molar-refractivity contribution in [1.29, 1.82) is 0 Å². The van der Waals surface area contributed by atoms with E-state index in [2.05, 4.69) is 45.5 Å². The Morgan fingerprint density at radius 3 is 2.36 bits per heavy atom. The van der Waals surface area contributed by atoms with E-state index in [9.17, 15) is 14.7 Å². The molecule has 2 aliphatic rings. The third kappa shape index (κ3) is 5.15. The molecule has 4 aromatic rings. The second-order valence-corrected chi connectivity index (χ2v) is 9.84. The summed E-state index contributed by atoms with van der Waals surface area (Å²) < 4.78 is 7.86. The summed E-state index contributed by atoms with van der Waals surface area (Å²) in [6.07, 6.45) is 5.14. The van der Waals surface area contributed by atoms with Gasteiger partial charge in [-0.1, -0.05) is 18.2 Å². The number of nitrogens with zero attached hydrogens (tertiary/aromatic N) is 5. The van der Waals surface area contributed by atoms with E-state index in [1.165, 1.54) is 4.90 Å². The first kappa shape index (κ1) is 24.9. The Labute approximate surface area is 225 Å². The number of piperazine rings is 1. The van der Waals surface area contributed by atoms with Crippen molar-refractivity contribution in [1.82, 2.24) is 19.7 Å². The number of carboxylic acid groups (broad SMARTS) is 1. The van der Waals surface area contributed by atoms with Crippen molar-refractivity contribution in [3.05, 3.63) is 72.7 Å². The van der Waals surface area contributed by atoms with Gasteiger partial charge >= 0.3 is 6.09 Å². The van der Waals surface area contributed by atoms with Crippen LogP contribution in [0.3, 0.4) is 0 Å². The minimum absolute atomic E-state index is 0.199. The van der Waals surface area contributed by atoms with E-state index in [1.54, 1.807) is 24.5 Å². The van der Waals surface area contributed by atoms with E-state index in [0.29, 0.717) is 44.2 Å². The molecular formula is C29H30N6O4. The monoisotopic (exact) mass is 526 g/mol. The number of pyridine rings is 1. The van der Waals surface area contributed by atoms with Crippen LogP contribution in [0.5, 0.6) is 0 Å². The summed E-state index contributed by atoms with van der Waals surface area (Å²) in [4.78, 5) is 32.2. The number of aromatic nitrogens is 3. The van der Waals surface area contributed by atoms with Gasteiger partial charge in [0.15, 0.2) is 11.9 Å². The van der Waals surface area contributed by atoms with Gasteiger partial charge in [0.1, 0.15) is 0 Å². The van der Waals surface area contributed by atoms with Gasteiger partial charge in [0.05, 0.1) is 5.52 Å². The van der Waals surface area contributed by atoms with Crippen LogP contribution in [0.1, 0.15) is 36.0 Å². The van der Waals surface area contributed by atoms with E-state index in [4.69, 9.17) is 9.84 Å². The summed E-state index contributed by atoms with van der Waals surface area (Å²) in [6.45, 7) is 2.99. The van der Waals surface area contributed by atoms with Gasteiger partial charge in [-0.05, 0) is 66.8 Å². The minimum atomic E-state index is -0.868. The van der Waals surface area contributed by atoms with Crippen LogP contribution in [0, 0.1) is 0 Å². The number of fused-ring (bicyclic) bond motifs is 1. The highest BCUT2D eigenvalue weighted by atomic mass is 16.5. The fourth-order valence-corrected chi connectivity index (χ4v) is 5.27. The Balaban J connectivity index is 1.30. The van der Waals surface area contributed by atoms with Crippen molar-refractivity contribution in [3.8, 4) is 11.1 Å². The van der Waals surface area contributed by atoms with E-state index >= 15 is 0 Å². The van der Waals surface area contributed by atoms with Crippen molar-refractivity contribution in [2.24, 2.45) is 0 Å². The van der Waals surface area contributed by atoms with Gasteiger partial charge < -0.3 is 25.0 Å². The lowest BCUT2D eigenvalue weighted by Crippen LogP contribution is -2.48. The lowest BCUT2D eigenvalue weighted by atomic mass is 10.0. The maximum Gasteiger partial charge on any atom is 0.407 e. The maximum absolute atomic E-state index is 13.4. The second kappa shape index (κ2) is 10.7. The number of benzene rings is 2. The molecule has 0 bridgehead atoms. The molecule has 2 aliphatic heterocycles. The molecule has 0 aliphatic carbocycles. The normalized spacial score (nSPS) is 17.8. The molecule has 2 aromatic heterocycles. The fourth-order valence-electron chi connectivity index (χ4n) is 5.27. The van der Waals surface area contributed by atoms with Crippen LogP contribution < -0.4 is 10.2 Å². The first-order valence-electron chi connectivity index (χ1n) is 13.3. The number of anilines is 2. The standard InChI is InChI=1S/C29H30N6O4/c36-28(31-22-10-12-30-13-11-22)27-24-19-21(6-9-25(24)35(32-27)26-3-1-2-18-39-26)20-4-7-23(8-5-20)33-14-16-34(17-15-33)29(37)38/h4-13,19,26H,1-3,14-18H2,(H,37,38)(H,30,31,36). The zero-order valence-electron chi connectivity index (χ0n) is 21.5. The summed E-state index contributed by atoms with van der Waals surface area (Å²) in [7, 11) is 0. The Morgan fingerprint density at radius 2 is 1.67 bits per heavy atom. The molecule has 2 aromatic carbocycles. The highest BCUT2D eigenvalue weighted by Gasteiger charge is 2.25. The molecule has 0 radical (unpaired) electrons. The molecule has 10 nitrogen and oxygen atoms in total. The Hall–Kier alpha value is -4.44. The molecule has 6 rings (SSSR count). The van der Waals surface area contributed by atoms with Gasteiger partial charge in [0.2, 0.25) is 0 Å². The largest absolute Gasteiger partial charge is 0.465 e. The van der Waals surface area contributed by atoms with Gasteiger partial charge in [-0.25, -0.2) is 9.48 Å². The van der Waals surface area contributed by atoms with Crippen molar-refractivity contribution in [2.45, 2.75) is 25.5 Å². The molecule has 0 spiro atoms. The summed E-state index contributed by atoms with van der Waals surface area (Å²) in [5.41, 5.74) is 4.93. The van der Waals surface area contributed by atoms with Crippen LogP contribution in [0.25, 0.3) is 22.0 Å². The molecule has 2 N–H and O–H groups in total. The lowest BCUT2D eigenvalue weighted by molar-refractivity contribution is -0.0367. The molecule has 1 atom stereocenters. The van der Waals surface area contributed by atoms with E-state index in [-0.39, 0.29) is 12.1 Å².